The third kappa shape index (κ3) is 4.51. The Kier molecular flexibility index (Phi) is 6.05. The van der Waals surface area contributed by atoms with Crippen molar-refractivity contribution in [2.45, 2.75) is 12.1 Å². The van der Waals surface area contributed by atoms with Crippen LogP contribution in [0.5, 0.6) is 0 Å². The van der Waals surface area contributed by atoms with E-state index >= 15 is 0 Å². The van der Waals surface area contributed by atoms with Gasteiger partial charge < -0.3 is 19.0 Å². The monoisotopic (exact) mass is 377 g/mol. The van der Waals surface area contributed by atoms with Gasteiger partial charge in [-0.3, -0.25) is 9.78 Å². The van der Waals surface area contributed by atoms with E-state index in [1.807, 2.05) is 0 Å². The molecule has 10 heteroatoms. The number of carbonyl (C=O) groups is 2. The molecule has 0 atom stereocenters. The van der Waals surface area contributed by atoms with E-state index in [9.17, 15) is 9.59 Å². The highest BCUT2D eigenvalue weighted by molar-refractivity contribution is 7.99. The van der Waals surface area contributed by atoms with Crippen molar-refractivity contribution < 1.29 is 18.7 Å². The Hall–Kier alpha value is -2.62. The Labute approximate surface area is 154 Å². The Morgan fingerprint density at radius 1 is 1.15 bits per heavy atom. The number of pyridine rings is 1. The number of aromatic nitrogens is 3. The second-order valence-electron chi connectivity index (χ2n) is 5.46. The first-order chi connectivity index (χ1) is 12.7. The SMILES string of the molecule is CCOC(=O)N1CCN(C(=O)CSc2nnc(-c3ccncc3)o2)CC1. The number of ether oxygens (including phenoxy) is 1. The molecule has 0 unspecified atom stereocenters. The number of rotatable bonds is 5. The fourth-order valence-electron chi connectivity index (χ4n) is 2.45. The first-order valence-corrected chi connectivity index (χ1v) is 9.22. The highest BCUT2D eigenvalue weighted by Gasteiger charge is 2.25. The zero-order valence-corrected chi connectivity index (χ0v) is 15.1. The normalized spacial score (nSPS) is 14.3. The zero-order chi connectivity index (χ0) is 18.4. The molecule has 2 amide bonds. The molecule has 0 aromatic carbocycles. The Morgan fingerprint density at radius 2 is 1.85 bits per heavy atom. The maximum atomic E-state index is 12.3. The Bertz CT molecular complexity index is 746. The van der Waals surface area contributed by atoms with Gasteiger partial charge in [0.05, 0.1) is 12.4 Å². The largest absolute Gasteiger partial charge is 0.450 e. The van der Waals surface area contributed by atoms with Crippen molar-refractivity contribution in [3.63, 3.8) is 0 Å². The van der Waals surface area contributed by atoms with E-state index in [2.05, 4.69) is 15.2 Å². The Morgan fingerprint density at radius 3 is 2.54 bits per heavy atom. The van der Waals surface area contributed by atoms with Gasteiger partial charge in [0.1, 0.15) is 0 Å². The number of hydrogen-bond acceptors (Lipinski definition) is 8. The molecule has 2 aromatic heterocycles. The van der Waals surface area contributed by atoms with Crippen LogP contribution in [-0.2, 0) is 9.53 Å². The van der Waals surface area contributed by atoms with Crippen LogP contribution in [0, 0.1) is 0 Å². The third-order valence-corrected chi connectivity index (χ3v) is 4.61. The highest BCUT2D eigenvalue weighted by atomic mass is 32.2. The van der Waals surface area contributed by atoms with E-state index in [-0.39, 0.29) is 17.8 Å². The topological polar surface area (TPSA) is 102 Å². The number of nitrogens with zero attached hydrogens (tertiary/aromatic N) is 5. The van der Waals surface area contributed by atoms with Gasteiger partial charge in [-0.25, -0.2) is 4.79 Å². The lowest BCUT2D eigenvalue weighted by Gasteiger charge is -2.33. The highest BCUT2D eigenvalue weighted by Crippen LogP contribution is 2.22. The van der Waals surface area contributed by atoms with Crippen molar-refractivity contribution in [1.29, 1.82) is 0 Å². The molecule has 1 saturated heterocycles. The number of piperazine rings is 1. The molecule has 9 nitrogen and oxygen atoms in total. The summed E-state index contributed by atoms with van der Waals surface area (Å²) in [5.74, 6) is 0.574. The number of hydrogen-bond donors (Lipinski definition) is 0. The lowest BCUT2D eigenvalue weighted by Crippen LogP contribution is -2.51. The maximum Gasteiger partial charge on any atom is 0.409 e. The number of amides is 2. The molecule has 0 radical (unpaired) electrons. The standard InChI is InChI=1S/C16H19N5O4S/c1-2-24-16(23)21-9-7-20(8-10-21)13(22)11-26-15-19-18-14(25-15)12-3-5-17-6-4-12/h3-6H,2,7-11H2,1H3. The van der Waals surface area contributed by atoms with Crippen molar-refractivity contribution in [1.82, 2.24) is 25.0 Å². The van der Waals surface area contributed by atoms with E-state index in [0.29, 0.717) is 43.9 Å². The average molecular weight is 377 g/mol. The molecule has 1 aliphatic rings. The molecular formula is C16H19N5O4S. The van der Waals surface area contributed by atoms with Crippen LogP contribution in [0.15, 0.2) is 34.2 Å². The first-order valence-electron chi connectivity index (χ1n) is 8.23. The van der Waals surface area contributed by atoms with Crippen LogP contribution in [0.3, 0.4) is 0 Å². The predicted molar refractivity (Wildman–Crippen MR) is 93.4 cm³/mol. The summed E-state index contributed by atoms with van der Waals surface area (Å²) in [5.41, 5.74) is 0.778. The van der Waals surface area contributed by atoms with E-state index in [1.165, 1.54) is 11.8 Å². The molecule has 1 aliphatic heterocycles. The van der Waals surface area contributed by atoms with E-state index in [1.54, 1.807) is 41.2 Å². The molecule has 3 heterocycles. The summed E-state index contributed by atoms with van der Waals surface area (Å²) in [6.45, 7) is 4.05. The van der Waals surface area contributed by atoms with E-state index in [0.717, 1.165) is 5.56 Å². The van der Waals surface area contributed by atoms with Crippen LogP contribution in [-0.4, -0.2) is 75.5 Å². The summed E-state index contributed by atoms with van der Waals surface area (Å²) in [5, 5.41) is 8.27. The van der Waals surface area contributed by atoms with Gasteiger partial charge >= 0.3 is 6.09 Å². The number of thioether (sulfide) groups is 1. The van der Waals surface area contributed by atoms with E-state index in [4.69, 9.17) is 9.15 Å². The van der Waals surface area contributed by atoms with Crippen LogP contribution < -0.4 is 0 Å². The fraction of sp³-hybridized carbons (Fsp3) is 0.438. The van der Waals surface area contributed by atoms with Crippen molar-refractivity contribution in [3.05, 3.63) is 24.5 Å². The summed E-state index contributed by atoms with van der Waals surface area (Å²) >= 11 is 1.20. The summed E-state index contributed by atoms with van der Waals surface area (Å²) in [7, 11) is 0. The summed E-state index contributed by atoms with van der Waals surface area (Å²) in [6, 6.07) is 3.55. The summed E-state index contributed by atoms with van der Waals surface area (Å²) in [4.78, 5) is 31.3. The minimum absolute atomic E-state index is 0.0258. The quantitative estimate of drug-likeness (QED) is 0.723. The molecule has 0 spiro atoms. The molecular weight excluding hydrogens is 358 g/mol. The molecule has 26 heavy (non-hydrogen) atoms. The Balaban J connectivity index is 1.46. The van der Waals surface area contributed by atoms with Gasteiger partial charge in [0.2, 0.25) is 11.8 Å². The smallest absolute Gasteiger partial charge is 0.409 e. The van der Waals surface area contributed by atoms with Crippen molar-refractivity contribution >= 4 is 23.8 Å². The minimum Gasteiger partial charge on any atom is -0.450 e. The van der Waals surface area contributed by atoms with Gasteiger partial charge in [-0.15, -0.1) is 10.2 Å². The molecule has 0 aliphatic carbocycles. The summed E-state index contributed by atoms with van der Waals surface area (Å²) < 4.78 is 10.5. The zero-order valence-electron chi connectivity index (χ0n) is 14.3. The van der Waals surface area contributed by atoms with Gasteiger partial charge in [0.15, 0.2) is 0 Å². The molecule has 0 bridgehead atoms. The van der Waals surface area contributed by atoms with Gasteiger partial charge in [-0.1, -0.05) is 11.8 Å². The van der Waals surface area contributed by atoms with Crippen LogP contribution in [0.25, 0.3) is 11.5 Å². The average Bonchev–Trinajstić information content (AvgIpc) is 3.16. The minimum atomic E-state index is -0.330. The van der Waals surface area contributed by atoms with Crippen LogP contribution in [0.2, 0.25) is 0 Å². The molecule has 138 valence electrons. The van der Waals surface area contributed by atoms with E-state index < -0.39 is 0 Å². The fourth-order valence-corrected chi connectivity index (χ4v) is 3.11. The maximum absolute atomic E-state index is 12.3. The molecule has 0 N–H and O–H groups in total. The van der Waals surface area contributed by atoms with Crippen molar-refractivity contribution in [2.24, 2.45) is 0 Å². The van der Waals surface area contributed by atoms with Crippen LogP contribution in [0.4, 0.5) is 4.79 Å². The van der Waals surface area contributed by atoms with Gasteiger partial charge in [-0.05, 0) is 19.1 Å². The van der Waals surface area contributed by atoms with Gasteiger partial charge in [0, 0.05) is 44.1 Å². The third-order valence-electron chi connectivity index (χ3n) is 3.81. The lowest BCUT2D eigenvalue weighted by atomic mass is 10.3. The van der Waals surface area contributed by atoms with Crippen LogP contribution in [0.1, 0.15) is 6.92 Å². The van der Waals surface area contributed by atoms with Crippen molar-refractivity contribution in [3.8, 4) is 11.5 Å². The summed E-state index contributed by atoms with van der Waals surface area (Å²) in [6.07, 6.45) is 2.96. The second kappa shape index (κ2) is 8.65. The first kappa shape index (κ1) is 18.2. The predicted octanol–water partition coefficient (Wildman–Crippen LogP) is 1.52. The molecule has 2 aromatic rings. The molecule has 0 saturated carbocycles. The lowest BCUT2D eigenvalue weighted by molar-refractivity contribution is -0.129. The van der Waals surface area contributed by atoms with Crippen molar-refractivity contribution in [2.75, 3.05) is 38.5 Å². The number of carbonyl (C=O) groups excluding carboxylic acids is 2. The molecule has 1 fully saturated rings. The van der Waals surface area contributed by atoms with Crippen LogP contribution >= 0.6 is 11.8 Å². The van der Waals surface area contributed by atoms with Gasteiger partial charge in [0.25, 0.3) is 5.22 Å². The van der Waals surface area contributed by atoms with Gasteiger partial charge in [-0.2, -0.15) is 0 Å². The molecule has 3 rings (SSSR count). The second-order valence-corrected chi connectivity index (χ2v) is 6.39.